The van der Waals surface area contributed by atoms with Crippen LogP contribution in [0.4, 0.5) is 0 Å². The Labute approximate surface area is 151 Å². The molecule has 0 radical (unpaired) electrons. The molecule has 2 atom stereocenters. The van der Waals surface area contributed by atoms with Crippen molar-refractivity contribution < 1.29 is 24.2 Å². The van der Waals surface area contributed by atoms with Crippen molar-refractivity contribution in [3.63, 3.8) is 0 Å². The maximum absolute atomic E-state index is 12.4. The zero-order valence-electron chi connectivity index (χ0n) is 14.3. The summed E-state index contributed by atoms with van der Waals surface area (Å²) in [5, 5.41) is 9.21. The molecule has 0 aliphatic carbocycles. The zero-order chi connectivity index (χ0) is 17.8. The number of carbonyl (C=O) groups excluding carboxylic acids is 1. The first-order valence-corrected chi connectivity index (χ1v) is 9.54. The van der Waals surface area contributed by atoms with Crippen molar-refractivity contribution >= 4 is 23.6 Å². The lowest BCUT2D eigenvalue weighted by Crippen LogP contribution is -2.45. The van der Waals surface area contributed by atoms with Crippen molar-refractivity contribution in [2.45, 2.75) is 24.7 Å². The van der Waals surface area contributed by atoms with E-state index in [1.807, 2.05) is 25.1 Å². The first kappa shape index (κ1) is 17.9. The van der Waals surface area contributed by atoms with Gasteiger partial charge in [-0.15, -0.1) is 11.8 Å². The quantitative estimate of drug-likeness (QED) is 0.808. The van der Waals surface area contributed by atoms with E-state index in [2.05, 4.69) is 0 Å². The Morgan fingerprint density at radius 3 is 2.76 bits per heavy atom. The van der Waals surface area contributed by atoms with E-state index in [0.717, 1.165) is 16.4 Å². The van der Waals surface area contributed by atoms with Gasteiger partial charge in [0.25, 0.3) is 0 Å². The van der Waals surface area contributed by atoms with Crippen LogP contribution in [0.15, 0.2) is 23.1 Å². The summed E-state index contributed by atoms with van der Waals surface area (Å²) in [5.74, 6) is 1.16. The molecule has 136 valence electrons. The van der Waals surface area contributed by atoms with Crippen LogP contribution in [0, 0.1) is 11.8 Å². The molecule has 1 N–H and O–H groups in total. The van der Waals surface area contributed by atoms with Crippen LogP contribution < -0.4 is 9.47 Å². The number of benzene rings is 1. The summed E-state index contributed by atoms with van der Waals surface area (Å²) in [6.45, 7) is 4.10. The number of amides is 1. The van der Waals surface area contributed by atoms with Crippen LogP contribution in [-0.2, 0) is 9.59 Å². The highest BCUT2D eigenvalue weighted by molar-refractivity contribution is 7.99. The molecule has 7 heteroatoms. The van der Waals surface area contributed by atoms with Crippen molar-refractivity contribution in [1.82, 2.24) is 4.90 Å². The number of rotatable bonds is 5. The molecule has 2 heterocycles. The topological polar surface area (TPSA) is 76.1 Å². The third-order valence-electron chi connectivity index (χ3n) is 4.46. The number of aliphatic carboxylic acids is 1. The summed E-state index contributed by atoms with van der Waals surface area (Å²) in [4.78, 5) is 26.4. The van der Waals surface area contributed by atoms with Crippen LogP contribution in [-0.4, -0.2) is 53.9 Å². The Bertz CT molecular complexity index is 650. The number of fused-ring (bicyclic) bond motifs is 1. The first-order chi connectivity index (χ1) is 12.0. The fraction of sp³-hybridized carbons (Fsp3) is 0.556. The highest BCUT2D eigenvalue weighted by Crippen LogP contribution is 2.34. The van der Waals surface area contributed by atoms with E-state index in [0.29, 0.717) is 44.9 Å². The molecular weight excluding hydrogens is 342 g/mol. The van der Waals surface area contributed by atoms with Crippen molar-refractivity contribution in [2.75, 3.05) is 32.1 Å². The van der Waals surface area contributed by atoms with Crippen molar-refractivity contribution in [3.05, 3.63) is 18.2 Å². The van der Waals surface area contributed by atoms with Gasteiger partial charge in [-0.25, -0.2) is 0 Å². The van der Waals surface area contributed by atoms with E-state index in [4.69, 9.17) is 9.47 Å². The molecule has 0 saturated carbocycles. The number of likely N-dealkylation sites (tertiary alicyclic amines) is 1. The van der Waals surface area contributed by atoms with Crippen LogP contribution in [0.3, 0.4) is 0 Å². The van der Waals surface area contributed by atoms with E-state index < -0.39 is 11.9 Å². The summed E-state index contributed by atoms with van der Waals surface area (Å²) in [6.07, 6.45) is 1.04. The zero-order valence-corrected chi connectivity index (χ0v) is 15.1. The Kier molecular flexibility index (Phi) is 5.73. The maximum atomic E-state index is 12.4. The number of carbonyl (C=O) groups is 2. The third-order valence-corrected chi connectivity index (χ3v) is 5.46. The molecule has 1 aromatic carbocycles. The number of carboxylic acid groups (broad SMARTS) is 1. The molecule has 6 nitrogen and oxygen atoms in total. The number of nitrogens with zero attached hydrogens (tertiary/aromatic N) is 1. The van der Waals surface area contributed by atoms with Gasteiger partial charge in [-0.3, -0.25) is 9.59 Å². The number of ether oxygens (including phenoxy) is 2. The molecule has 3 rings (SSSR count). The Morgan fingerprint density at radius 2 is 2.00 bits per heavy atom. The fourth-order valence-electron chi connectivity index (χ4n) is 3.26. The Morgan fingerprint density at radius 1 is 1.24 bits per heavy atom. The SMILES string of the molecule is CC1CC(C(=O)O)CN(C(=O)CCSc2ccc3c(c2)OCCO3)C1. The van der Waals surface area contributed by atoms with Crippen molar-refractivity contribution in [1.29, 1.82) is 0 Å². The summed E-state index contributed by atoms with van der Waals surface area (Å²) < 4.78 is 11.1. The van der Waals surface area contributed by atoms with Crippen LogP contribution in [0.2, 0.25) is 0 Å². The molecule has 1 amide bonds. The van der Waals surface area contributed by atoms with Crippen LogP contribution >= 0.6 is 11.8 Å². The number of carboxylic acids is 1. The van der Waals surface area contributed by atoms with E-state index in [1.54, 1.807) is 16.7 Å². The monoisotopic (exact) mass is 365 g/mol. The second kappa shape index (κ2) is 7.99. The maximum Gasteiger partial charge on any atom is 0.308 e. The highest BCUT2D eigenvalue weighted by Gasteiger charge is 2.31. The lowest BCUT2D eigenvalue weighted by Gasteiger charge is -2.34. The van der Waals surface area contributed by atoms with Gasteiger partial charge in [0.15, 0.2) is 11.5 Å². The minimum Gasteiger partial charge on any atom is -0.486 e. The Balaban J connectivity index is 1.50. The van der Waals surface area contributed by atoms with Gasteiger partial charge in [0.05, 0.1) is 5.92 Å². The molecule has 0 bridgehead atoms. The highest BCUT2D eigenvalue weighted by atomic mass is 32.2. The second-order valence-electron chi connectivity index (χ2n) is 6.58. The molecule has 2 aliphatic heterocycles. The van der Waals surface area contributed by atoms with E-state index in [9.17, 15) is 14.7 Å². The summed E-state index contributed by atoms with van der Waals surface area (Å²) in [5.41, 5.74) is 0. The number of thioether (sulfide) groups is 1. The largest absolute Gasteiger partial charge is 0.486 e. The van der Waals surface area contributed by atoms with Crippen LogP contribution in [0.1, 0.15) is 19.8 Å². The Hall–Kier alpha value is -1.89. The fourth-order valence-corrected chi connectivity index (χ4v) is 4.13. The molecule has 1 saturated heterocycles. The minimum atomic E-state index is -0.810. The summed E-state index contributed by atoms with van der Waals surface area (Å²) in [6, 6.07) is 5.79. The van der Waals surface area contributed by atoms with Gasteiger partial charge in [0, 0.05) is 30.2 Å². The summed E-state index contributed by atoms with van der Waals surface area (Å²) >= 11 is 1.59. The van der Waals surface area contributed by atoms with Gasteiger partial charge in [0.1, 0.15) is 13.2 Å². The van der Waals surface area contributed by atoms with E-state index in [1.165, 1.54) is 0 Å². The summed E-state index contributed by atoms with van der Waals surface area (Å²) in [7, 11) is 0. The minimum absolute atomic E-state index is 0.0304. The number of piperidine rings is 1. The molecule has 25 heavy (non-hydrogen) atoms. The predicted octanol–water partition coefficient (Wildman–Crippen LogP) is 2.51. The van der Waals surface area contributed by atoms with Gasteiger partial charge in [0.2, 0.25) is 5.91 Å². The lowest BCUT2D eigenvalue weighted by molar-refractivity contribution is -0.146. The van der Waals surface area contributed by atoms with Crippen LogP contribution in [0.5, 0.6) is 11.5 Å². The number of hydrogen-bond acceptors (Lipinski definition) is 5. The average Bonchev–Trinajstić information content (AvgIpc) is 2.61. The van der Waals surface area contributed by atoms with E-state index in [-0.39, 0.29) is 11.8 Å². The average molecular weight is 365 g/mol. The standard InChI is InChI=1S/C18H23NO5S/c1-12-8-13(18(21)22)11-19(10-12)17(20)4-7-25-14-2-3-15-16(9-14)24-6-5-23-15/h2-3,9,12-13H,4-8,10-11H2,1H3,(H,21,22). The van der Waals surface area contributed by atoms with Crippen LogP contribution in [0.25, 0.3) is 0 Å². The van der Waals surface area contributed by atoms with Gasteiger partial charge < -0.3 is 19.5 Å². The van der Waals surface area contributed by atoms with Gasteiger partial charge >= 0.3 is 5.97 Å². The van der Waals surface area contributed by atoms with E-state index >= 15 is 0 Å². The molecule has 0 aromatic heterocycles. The molecule has 2 aliphatic rings. The predicted molar refractivity (Wildman–Crippen MR) is 94.3 cm³/mol. The molecular formula is C18H23NO5S. The lowest BCUT2D eigenvalue weighted by atomic mass is 9.90. The van der Waals surface area contributed by atoms with Crippen molar-refractivity contribution in [2.24, 2.45) is 11.8 Å². The number of hydrogen-bond donors (Lipinski definition) is 1. The normalized spacial score (nSPS) is 22.5. The first-order valence-electron chi connectivity index (χ1n) is 8.56. The molecule has 1 fully saturated rings. The smallest absolute Gasteiger partial charge is 0.308 e. The molecule has 0 spiro atoms. The third kappa shape index (κ3) is 4.60. The molecule has 1 aromatic rings. The molecule has 2 unspecified atom stereocenters. The second-order valence-corrected chi connectivity index (χ2v) is 7.75. The van der Waals surface area contributed by atoms with Gasteiger partial charge in [-0.1, -0.05) is 6.92 Å². The van der Waals surface area contributed by atoms with Gasteiger partial charge in [-0.05, 0) is 30.5 Å². The van der Waals surface area contributed by atoms with Gasteiger partial charge in [-0.2, -0.15) is 0 Å². The van der Waals surface area contributed by atoms with Crippen molar-refractivity contribution in [3.8, 4) is 11.5 Å².